The Labute approximate surface area is 117 Å². The maximum atomic E-state index is 11.9. The number of benzene rings is 1. The minimum atomic E-state index is -0.0626. The minimum absolute atomic E-state index is 0.0626. The summed E-state index contributed by atoms with van der Waals surface area (Å²) in [4.78, 5) is 11.9. The molecule has 1 aliphatic heterocycles. The van der Waals surface area contributed by atoms with E-state index in [0.29, 0.717) is 36.1 Å². The maximum absolute atomic E-state index is 11.9. The Hall–Kier alpha value is -1.30. The Morgan fingerprint density at radius 1 is 1.63 bits per heavy atom. The summed E-state index contributed by atoms with van der Waals surface area (Å²) in [5, 5.41) is 6.57. The number of hydrogen-bond acceptors (Lipinski definition) is 4. The van der Waals surface area contributed by atoms with Crippen LogP contribution < -0.4 is 15.4 Å². The van der Waals surface area contributed by atoms with Crippen molar-refractivity contribution < 1.29 is 14.3 Å². The van der Waals surface area contributed by atoms with Gasteiger partial charge in [-0.15, -0.1) is 0 Å². The van der Waals surface area contributed by atoms with E-state index in [2.05, 4.69) is 10.6 Å². The van der Waals surface area contributed by atoms with Gasteiger partial charge in [-0.2, -0.15) is 0 Å². The second-order valence-electron chi connectivity index (χ2n) is 4.33. The summed E-state index contributed by atoms with van der Waals surface area (Å²) >= 11 is 5.92. The molecule has 0 aromatic heterocycles. The molecule has 1 unspecified atom stereocenters. The van der Waals surface area contributed by atoms with E-state index in [9.17, 15) is 4.79 Å². The molecule has 0 saturated carbocycles. The summed E-state index contributed by atoms with van der Waals surface area (Å²) in [6, 6.07) is 5.21. The fraction of sp³-hybridized carbons (Fsp3) is 0.462. The van der Waals surface area contributed by atoms with Crippen LogP contribution in [0, 0.1) is 0 Å². The van der Waals surface area contributed by atoms with Gasteiger partial charge >= 0.3 is 0 Å². The average Bonchev–Trinajstić information content (AvgIpc) is 2.42. The molecule has 6 heteroatoms. The molecule has 1 saturated heterocycles. The highest BCUT2D eigenvalue weighted by Gasteiger charge is 2.17. The molecule has 0 aliphatic carbocycles. The Morgan fingerprint density at radius 2 is 2.47 bits per heavy atom. The number of methoxy groups -OCH3 is 1. The molecule has 1 amide bonds. The number of carbonyl (C=O) groups is 1. The largest absolute Gasteiger partial charge is 0.495 e. The molecule has 1 atom stereocenters. The van der Waals surface area contributed by atoms with Crippen molar-refractivity contribution in [2.75, 3.05) is 32.2 Å². The molecule has 19 heavy (non-hydrogen) atoms. The van der Waals surface area contributed by atoms with Crippen molar-refractivity contribution >= 4 is 23.2 Å². The van der Waals surface area contributed by atoms with E-state index >= 15 is 0 Å². The normalized spacial score (nSPS) is 18.9. The van der Waals surface area contributed by atoms with E-state index in [4.69, 9.17) is 21.1 Å². The van der Waals surface area contributed by atoms with Crippen LogP contribution in [0.25, 0.3) is 0 Å². The zero-order chi connectivity index (χ0) is 13.7. The van der Waals surface area contributed by atoms with Gasteiger partial charge in [-0.3, -0.25) is 4.79 Å². The molecule has 2 rings (SSSR count). The van der Waals surface area contributed by atoms with E-state index in [1.165, 1.54) is 7.11 Å². The van der Waals surface area contributed by atoms with Crippen LogP contribution in [0.1, 0.15) is 6.42 Å². The summed E-state index contributed by atoms with van der Waals surface area (Å²) in [5.74, 6) is 0.478. The van der Waals surface area contributed by atoms with Gasteiger partial charge in [0.15, 0.2) is 0 Å². The highest BCUT2D eigenvalue weighted by molar-refractivity contribution is 6.32. The lowest BCUT2D eigenvalue weighted by Crippen LogP contribution is -2.43. The molecule has 2 N–H and O–H groups in total. The fourth-order valence-electron chi connectivity index (χ4n) is 1.92. The van der Waals surface area contributed by atoms with Gasteiger partial charge in [-0.1, -0.05) is 11.6 Å². The Kier molecular flexibility index (Phi) is 5.01. The van der Waals surface area contributed by atoms with E-state index in [1.807, 2.05) is 0 Å². The number of halogens is 1. The molecular formula is C13H17ClN2O3. The van der Waals surface area contributed by atoms with Crippen LogP contribution in [-0.4, -0.2) is 38.8 Å². The molecule has 1 aromatic carbocycles. The topological polar surface area (TPSA) is 59.6 Å². The first kappa shape index (κ1) is 14.1. The average molecular weight is 285 g/mol. The van der Waals surface area contributed by atoms with Gasteiger partial charge in [0.1, 0.15) is 5.75 Å². The summed E-state index contributed by atoms with van der Waals surface area (Å²) in [5.41, 5.74) is 0.669. The third-order valence-electron chi connectivity index (χ3n) is 2.87. The highest BCUT2D eigenvalue weighted by atomic mass is 35.5. The third-order valence-corrected chi connectivity index (χ3v) is 3.18. The molecular weight excluding hydrogens is 268 g/mol. The van der Waals surface area contributed by atoms with Gasteiger partial charge in [-0.25, -0.2) is 0 Å². The Morgan fingerprint density at radius 3 is 3.16 bits per heavy atom. The SMILES string of the molecule is COc1cc(NC(=O)CC2COCCN2)ccc1Cl. The van der Waals surface area contributed by atoms with Crippen LogP contribution in [0.2, 0.25) is 5.02 Å². The van der Waals surface area contributed by atoms with Crippen molar-refractivity contribution in [1.29, 1.82) is 0 Å². The standard InChI is InChI=1S/C13H17ClN2O3/c1-18-12-6-9(2-3-11(12)14)16-13(17)7-10-8-19-5-4-15-10/h2-3,6,10,15H,4-5,7-8H2,1H3,(H,16,17). The van der Waals surface area contributed by atoms with Crippen LogP contribution in [0.15, 0.2) is 18.2 Å². The molecule has 1 fully saturated rings. The van der Waals surface area contributed by atoms with Gasteiger partial charge < -0.3 is 20.1 Å². The predicted molar refractivity (Wildman–Crippen MR) is 73.9 cm³/mol. The second-order valence-corrected chi connectivity index (χ2v) is 4.73. The van der Waals surface area contributed by atoms with E-state index in [1.54, 1.807) is 18.2 Å². The number of hydrogen-bond donors (Lipinski definition) is 2. The van der Waals surface area contributed by atoms with E-state index in [-0.39, 0.29) is 11.9 Å². The zero-order valence-electron chi connectivity index (χ0n) is 10.7. The Balaban J connectivity index is 1.90. The van der Waals surface area contributed by atoms with E-state index < -0.39 is 0 Å². The molecule has 0 radical (unpaired) electrons. The van der Waals surface area contributed by atoms with Crippen LogP contribution in [0.4, 0.5) is 5.69 Å². The lowest BCUT2D eigenvalue weighted by atomic mass is 10.2. The molecule has 1 aromatic rings. The molecule has 0 spiro atoms. The van der Waals surface area contributed by atoms with Crippen molar-refractivity contribution in [3.63, 3.8) is 0 Å². The Bertz CT molecular complexity index is 448. The smallest absolute Gasteiger partial charge is 0.226 e. The van der Waals surface area contributed by atoms with Crippen molar-refractivity contribution in [3.8, 4) is 5.75 Å². The summed E-state index contributed by atoms with van der Waals surface area (Å²) in [6.07, 6.45) is 0.380. The number of amides is 1. The minimum Gasteiger partial charge on any atom is -0.495 e. The number of carbonyl (C=O) groups excluding carboxylic acids is 1. The molecule has 104 valence electrons. The van der Waals surface area contributed by atoms with Gasteiger partial charge in [0, 0.05) is 30.8 Å². The van der Waals surface area contributed by atoms with Crippen molar-refractivity contribution in [2.24, 2.45) is 0 Å². The fourth-order valence-corrected chi connectivity index (χ4v) is 2.12. The third kappa shape index (κ3) is 4.09. The number of nitrogens with one attached hydrogen (secondary N) is 2. The van der Waals surface area contributed by atoms with Crippen molar-refractivity contribution in [2.45, 2.75) is 12.5 Å². The van der Waals surface area contributed by atoms with Crippen LogP contribution >= 0.6 is 11.6 Å². The summed E-state index contributed by atoms with van der Waals surface area (Å²) in [6.45, 7) is 2.05. The zero-order valence-corrected chi connectivity index (χ0v) is 11.5. The number of rotatable bonds is 4. The van der Waals surface area contributed by atoms with Gasteiger partial charge in [0.25, 0.3) is 0 Å². The number of anilines is 1. The lowest BCUT2D eigenvalue weighted by molar-refractivity contribution is -0.117. The van der Waals surface area contributed by atoms with Gasteiger partial charge in [0.2, 0.25) is 5.91 Å². The van der Waals surface area contributed by atoms with Crippen molar-refractivity contribution in [1.82, 2.24) is 5.32 Å². The van der Waals surface area contributed by atoms with Crippen LogP contribution in [-0.2, 0) is 9.53 Å². The summed E-state index contributed by atoms with van der Waals surface area (Å²) in [7, 11) is 1.54. The number of morpholine rings is 1. The molecule has 1 aliphatic rings. The monoisotopic (exact) mass is 284 g/mol. The second kappa shape index (κ2) is 6.75. The van der Waals surface area contributed by atoms with Gasteiger partial charge in [-0.05, 0) is 12.1 Å². The molecule has 0 bridgehead atoms. The highest BCUT2D eigenvalue weighted by Crippen LogP contribution is 2.27. The first-order chi connectivity index (χ1) is 9.19. The van der Waals surface area contributed by atoms with Crippen molar-refractivity contribution in [3.05, 3.63) is 23.2 Å². The maximum Gasteiger partial charge on any atom is 0.226 e. The van der Waals surface area contributed by atoms with Crippen LogP contribution in [0.5, 0.6) is 5.75 Å². The van der Waals surface area contributed by atoms with Crippen LogP contribution in [0.3, 0.4) is 0 Å². The number of ether oxygens (including phenoxy) is 2. The van der Waals surface area contributed by atoms with E-state index in [0.717, 1.165) is 6.54 Å². The quantitative estimate of drug-likeness (QED) is 0.883. The molecule has 5 nitrogen and oxygen atoms in total. The first-order valence-corrected chi connectivity index (χ1v) is 6.51. The summed E-state index contributed by atoms with van der Waals surface area (Å²) < 4.78 is 10.4. The predicted octanol–water partition coefficient (Wildman–Crippen LogP) is 1.67. The molecule has 1 heterocycles. The van der Waals surface area contributed by atoms with Gasteiger partial charge in [0.05, 0.1) is 25.3 Å². The lowest BCUT2D eigenvalue weighted by Gasteiger charge is -2.23. The first-order valence-electron chi connectivity index (χ1n) is 6.13.